The van der Waals surface area contributed by atoms with Crippen molar-refractivity contribution < 1.29 is 4.79 Å². The zero-order chi connectivity index (χ0) is 13.1. The number of likely N-dealkylation sites (tertiary alicyclic amines) is 1. The van der Waals surface area contributed by atoms with E-state index in [1.54, 1.807) is 12.1 Å². The third-order valence-electron chi connectivity index (χ3n) is 3.29. The third-order valence-corrected chi connectivity index (χ3v) is 4.03. The summed E-state index contributed by atoms with van der Waals surface area (Å²) in [6.07, 6.45) is 1.40. The van der Waals surface area contributed by atoms with Gasteiger partial charge in [0.25, 0.3) is 0 Å². The first-order chi connectivity index (χ1) is 8.60. The summed E-state index contributed by atoms with van der Waals surface area (Å²) in [6.45, 7) is 1.61. The predicted molar refractivity (Wildman–Crippen MR) is 81.5 cm³/mol. The number of nitrogens with one attached hydrogen (secondary N) is 1. The van der Waals surface area contributed by atoms with Crippen LogP contribution in [0.25, 0.3) is 0 Å². The number of amides is 1. The Kier molecular flexibility index (Phi) is 6.40. The number of nitrogens with zero attached hydrogens (tertiary/aromatic N) is 1. The molecule has 1 aliphatic heterocycles. The zero-order valence-corrected chi connectivity index (χ0v) is 13.0. The Morgan fingerprint density at radius 3 is 2.74 bits per heavy atom. The summed E-state index contributed by atoms with van der Waals surface area (Å²) >= 11 is 11.8. The second-order valence-electron chi connectivity index (χ2n) is 4.54. The van der Waals surface area contributed by atoms with E-state index >= 15 is 0 Å². The molecular weight excluding hydrogens is 307 g/mol. The Labute approximate surface area is 129 Å². The molecule has 1 aromatic carbocycles. The smallest absolute Gasteiger partial charge is 0.227 e. The van der Waals surface area contributed by atoms with Crippen LogP contribution in [0.4, 0.5) is 0 Å². The fraction of sp³-hybridized carbons (Fsp3) is 0.462. The molecule has 1 unspecified atom stereocenters. The maximum absolute atomic E-state index is 12.1. The number of benzene rings is 1. The van der Waals surface area contributed by atoms with E-state index in [1.807, 2.05) is 18.0 Å². The van der Waals surface area contributed by atoms with Crippen LogP contribution in [0.1, 0.15) is 12.0 Å². The number of hydrogen-bond donors (Lipinski definition) is 1. The fourth-order valence-corrected chi connectivity index (χ4v) is 2.48. The molecule has 0 radical (unpaired) electrons. The van der Waals surface area contributed by atoms with E-state index in [1.165, 1.54) is 0 Å². The molecule has 2 rings (SSSR count). The van der Waals surface area contributed by atoms with E-state index in [0.717, 1.165) is 25.1 Å². The molecular formula is C13H17Cl3N2O. The molecule has 1 N–H and O–H groups in total. The molecule has 1 aliphatic rings. The summed E-state index contributed by atoms with van der Waals surface area (Å²) in [5, 5.41) is 4.21. The van der Waals surface area contributed by atoms with Gasteiger partial charge in [0.05, 0.1) is 16.5 Å². The minimum Gasteiger partial charge on any atom is -0.341 e. The van der Waals surface area contributed by atoms with Crippen molar-refractivity contribution in [3.63, 3.8) is 0 Å². The van der Waals surface area contributed by atoms with Gasteiger partial charge in [-0.15, -0.1) is 12.4 Å². The fourth-order valence-electron chi connectivity index (χ4n) is 2.16. The second kappa shape index (κ2) is 7.34. The first-order valence-electron chi connectivity index (χ1n) is 5.99. The standard InChI is InChI=1S/C13H16Cl2N2O.ClH/c1-16-10-4-5-17(8-10)13(18)7-9-2-3-11(14)12(15)6-9;/h2-3,6,10,16H,4-5,7-8H2,1H3;1H. The number of likely N-dealkylation sites (N-methyl/N-ethyl adjacent to an activating group) is 1. The lowest BCUT2D eigenvalue weighted by atomic mass is 10.1. The van der Waals surface area contributed by atoms with Gasteiger partial charge in [0.1, 0.15) is 0 Å². The van der Waals surface area contributed by atoms with E-state index in [4.69, 9.17) is 23.2 Å². The minimum absolute atomic E-state index is 0. The van der Waals surface area contributed by atoms with Crippen molar-refractivity contribution in [2.45, 2.75) is 18.9 Å². The number of hydrogen-bond acceptors (Lipinski definition) is 2. The molecule has 0 saturated carbocycles. The third kappa shape index (κ3) is 4.25. The van der Waals surface area contributed by atoms with Gasteiger partial charge in [0.2, 0.25) is 5.91 Å². The molecule has 1 heterocycles. The van der Waals surface area contributed by atoms with E-state index in [-0.39, 0.29) is 18.3 Å². The van der Waals surface area contributed by atoms with Crippen LogP contribution in [-0.2, 0) is 11.2 Å². The average Bonchev–Trinajstić information content (AvgIpc) is 2.82. The molecule has 1 aromatic rings. The summed E-state index contributed by atoms with van der Waals surface area (Å²) in [7, 11) is 1.93. The van der Waals surface area contributed by atoms with Crippen LogP contribution in [-0.4, -0.2) is 37.0 Å². The molecule has 3 nitrogen and oxygen atoms in total. The van der Waals surface area contributed by atoms with Gasteiger partial charge in [0, 0.05) is 19.1 Å². The van der Waals surface area contributed by atoms with E-state index in [2.05, 4.69) is 5.32 Å². The van der Waals surface area contributed by atoms with Crippen molar-refractivity contribution in [2.75, 3.05) is 20.1 Å². The Balaban J connectivity index is 0.00000180. The normalized spacial score (nSPS) is 18.3. The quantitative estimate of drug-likeness (QED) is 0.927. The lowest BCUT2D eigenvalue weighted by Gasteiger charge is -2.16. The topological polar surface area (TPSA) is 32.3 Å². The maximum Gasteiger partial charge on any atom is 0.227 e. The lowest BCUT2D eigenvalue weighted by Crippen LogP contribution is -2.34. The van der Waals surface area contributed by atoms with Gasteiger partial charge in [-0.1, -0.05) is 29.3 Å². The average molecular weight is 324 g/mol. The zero-order valence-electron chi connectivity index (χ0n) is 10.7. The van der Waals surface area contributed by atoms with Crippen molar-refractivity contribution in [3.8, 4) is 0 Å². The number of carbonyl (C=O) groups excluding carboxylic acids is 1. The molecule has 1 atom stereocenters. The first-order valence-corrected chi connectivity index (χ1v) is 6.74. The summed E-state index contributed by atoms with van der Waals surface area (Å²) in [4.78, 5) is 14.0. The van der Waals surface area contributed by atoms with Crippen molar-refractivity contribution in [3.05, 3.63) is 33.8 Å². The molecule has 0 aromatic heterocycles. The number of halogens is 3. The van der Waals surface area contributed by atoms with Crippen LogP contribution < -0.4 is 5.32 Å². The molecule has 0 bridgehead atoms. The SMILES string of the molecule is CNC1CCN(C(=O)Cc2ccc(Cl)c(Cl)c2)C1.Cl. The monoisotopic (exact) mass is 322 g/mol. The highest BCUT2D eigenvalue weighted by atomic mass is 35.5. The molecule has 0 spiro atoms. The Bertz CT molecular complexity index is 454. The first kappa shape index (κ1) is 16.6. The highest BCUT2D eigenvalue weighted by molar-refractivity contribution is 6.42. The summed E-state index contributed by atoms with van der Waals surface area (Å²) in [6, 6.07) is 5.75. The van der Waals surface area contributed by atoms with Crippen molar-refractivity contribution in [1.29, 1.82) is 0 Å². The van der Waals surface area contributed by atoms with Gasteiger partial charge in [-0.3, -0.25) is 4.79 Å². The summed E-state index contributed by atoms with van der Waals surface area (Å²) in [5.41, 5.74) is 0.905. The van der Waals surface area contributed by atoms with E-state index < -0.39 is 0 Å². The van der Waals surface area contributed by atoms with Crippen LogP contribution in [0, 0.1) is 0 Å². The number of carbonyl (C=O) groups is 1. The van der Waals surface area contributed by atoms with Crippen LogP contribution in [0.2, 0.25) is 10.0 Å². The molecule has 106 valence electrons. The molecule has 1 saturated heterocycles. The number of rotatable bonds is 3. The minimum atomic E-state index is 0. The van der Waals surface area contributed by atoms with Gasteiger partial charge in [0.15, 0.2) is 0 Å². The van der Waals surface area contributed by atoms with Crippen LogP contribution in [0.5, 0.6) is 0 Å². The van der Waals surface area contributed by atoms with Crippen molar-refractivity contribution in [2.24, 2.45) is 0 Å². The highest BCUT2D eigenvalue weighted by Gasteiger charge is 2.24. The Hall–Kier alpha value is -0.480. The molecule has 1 amide bonds. The maximum atomic E-state index is 12.1. The van der Waals surface area contributed by atoms with Gasteiger partial charge in [-0.25, -0.2) is 0 Å². The lowest BCUT2D eigenvalue weighted by molar-refractivity contribution is -0.129. The molecule has 1 fully saturated rings. The summed E-state index contributed by atoms with van der Waals surface area (Å²) in [5.74, 6) is 0.145. The van der Waals surface area contributed by atoms with Crippen LogP contribution in [0.3, 0.4) is 0 Å². The van der Waals surface area contributed by atoms with Gasteiger partial charge >= 0.3 is 0 Å². The Morgan fingerprint density at radius 1 is 1.42 bits per heavy atom. The van der Waals surface area contributed by atoms with Gasteiger partial charge < -0.3 is 10.2 Å². The molecule has 19 heavy (non-hydrogen) atoms. The van der Waals surface area contributed by atoms with Crippen LogP contribution >= 0.6 is 35.6 Å². The predicted octanol–water partition coefficient (Wildman–Crippen LogP) is 2.78. The van der Waals surface area contributed by atoms with Crippen molar-refractivity contribution in [1.82, 2.24) is 10.2 Å². The Morgan fingerprint density at radius 2 is 2.16 bits per heavy atom. The highest BCUT2D eigenvalue weighted by Crippen LogP contribution is 2.23. The largest absolute Gasteiger partial charge is 0.341 e. The van der Waals surface area contributed by atoms with Gasteiger partial charge in [-0.05, 0) is 31.2 Å². The second-order valence-corrected chi connectivity index (χ2v) is 5.35. The summed E-state index contributed by atoms with van der Waals surface area (Å²) < 4.78 is 0. The molecule has 6 heteroatoms. The van der Waals surface area contributed by atoms with E-state index in [9.17, 15) is 4.79 Å². The molecule has 0 aliphatic carbocycles. The van der Waals surface area contributed by atoms with Crippen molar-refractivity contribution >= 4 is 41.5 Å². The van der Waals surface area contributed by atoms with Crippen LogP contribution in [0.15, 0.2) is 18.2 Å². The van der Waals surface area contributed by atoms with Gasteiger partial charge in [-0.2, -0.15) is 0 Å². The van der Waals surface area contributed by atoms with E-state index in [0.29, 0.717) is 22.5 Å².